The smallest absolute Gasteiger partial charge is 0.279 e. The van der Waals surface area contributed by atoms with Gasteiger partial charge >= 0.3 is 0 Å². The second-order valence-corrected chi connectivity index (χ2v) is 7.69. The van der Waals surface area contributed by atoms with E-state index in [0.29, 0.717) is 33.0 Å². The zero-order valence-electron chi connectivity index (χ0n) is 15.6. The minimum absolute atomic E-state index is 0.217. The summed E-state index contributed by atoms with van der Waals surface area (Å²) in [4.78, 5) is 8.85. The van der Waals surface area contributed by atoms with Crippen LogP contribution in [0, 0.1) is 17.9 Å². The fourth-order valence-electron chi connectivity index (χ4n) is 3.80. The molecule has 9 heteroatoms. The van der Waals surface area contributed by atoms with Gasteiger partial charge in [-0.05, 0) is 38.8 Å². The lowest BCUT2D eigenvalue weighted by atomic mass is 10.1. The summed E-state index contributed by atoms with van der Waals surface area (Å²) < 4.78 is 27.4. The highest BCUT2D eigenvalue weighted by atomic mass is 19.1. The summed E-state index contributed by atoms with van der Waals surface area (Å²) in [5.41, 5.74) is 1.86. The number of fused-ring (bicyclic) bond motifs is 3. The van der Waals surface area contributed by atoms with E-state index in [1.54, 1.807) is 23.7 Å². The molecule has 0 aliphatic carbocycles. The van der Waals surface area contributed by atoms with Crippen LogP contribution in [-0.4, -0.2) is 25.1 Å². The molecule has 0 amide bonds. The van der Waals surface area contributed by atoms with Crippen molar-refractivity contribution < 1.29 is 18.4 Å². The Morgan fingerprint density at radius 2 is 2.18 bits per heavy atom. The summed E-state index contributed by atoms with van der Waals surface area (Å²) >= 11 is 0. The summed E-state index contributed by atoms with van der Waals surface area (Å²) in [7, 11) is 0. The van der Waals surface area contributed by atoms with E-state index in [2.05, 4.69) is 15.1 Å². The molecule has 1 atom stereocenters. The van der Waals surface area contributed by atoms with Crippen molar-refractivity contribution in [3.8, 4) is 11.6 Å². The molecule has 1 aromatic carbocycles. The third kappa shape index (κ3) is 2.46. The summed E-state index contributed by atoms with van der Waals surface area (Å²) in [6, 6.07) is 4.06. The second-order valence-electron chi connectivity index (χ2n) is 7.69. The molecule has 8 nitrogen and oxygen atoms in total. The van der Waals surface area contributed by atoms with Gasteiger partial charge in [-0.1, -0.05) is 5.16 Å². The minimum atomic E-state index is -0.475. The Kier molecular flexibility index (Phi) is 3.48. The van der Waals surface area contributed by atoms with E-state index in [-0.39, 0.29) is 23.1 Å². The Bertz CT molecular complexity index is 1230. The highest BCUT2D eigenvalue weighted by molar-refractivity contribution is 5.82. The number of hydrogen-bond donors (Lipinski definition) is 0. The standard InChI is InChI=1S/C19H18FN5O3/c1-10-16-15(18-22-17(23-28-18)14-6-7-19(2,3)27-14)21-9-24(16)12-5-4-11(20)8-13(12)25(10)26/h4-5,8-9,14H,6-7H2,1-3H3. The van der Waals surface area contributed by atoms with Crippen LogP contribution in [0.3, 0.4) is 0 Å². The topological polar surface area (TPSA) is 92.4 Å². The van der Waals surface area contributed by atoms with Gasteiger partial charge in [0.05, 0.1) is 5.60 Å². The SMILES string of the molecule is Cc1c2c(-c3nc(C4CCC(C)(C)O4)no3)ncn2c2ccc(F)cc2[n+]1[O-]. The van der Waals surface area contributed by atoms with Gasteiger partial charge in [0.1, 0.15) is 29.3 Å². The van der Waals surface area contributed by atoms with Crippen LogP contribution in [-0.2, 0) is 4.74 Å². The molecule has 1 fully saturated rings. The van der Waals surface area contributed by atoms with Crippen LogP contribution < -0.4 is 4.73 Å². The number of nitrogens with zero attached hydrogens (tertiary/aromatic N) is 5. The molecule has 1 saturated heterocycles. The number of aryl methyl sites for hydroxylation is 1. The molecule has 0 saturated carbocycles. The molecule has 144 valence electrons. The van der Waals surface area contributed by atoms with Gasteiger partial charge in [-0.15, -0.1) is 0 Å². The van der Waals surface area contributed by atoms with Crippen LogP contribution in [0.5, 0.6) is 0 Å². The molecule has 3 aromatic heterocycles. The maximum atomic E-state index is 13.6. The lowest BCUT2D eigenvalue weighted by Crippen LogP contribution is -2.32. The molecule has 0 bridgehead atoms. The van der Waals surface area contributed by atoms with Gasteiger partial charge in [0.25, 0.3) is 5.89 Å². The molecule has 4 heterocycles. The molecule has 0 radical (unpaired) electrons. The van der Waals surface area contributed by atoms with Crippen molar-refractivity contribution in [1.29, 1.82) is 0 Å². The van der Waals surface area contributed by atoms with Gasteiger partial charge in [0, 0.05) is 13.0 Å². The van der Waals surface area contributed by atoms with Gasteiger partial charge in [-0.3, -0.25) is 4.40 Å². The molecule has 1 unspecified atom stereocenters. The van der Waals surface area contributed by atoms with E-state index in [1.807, 2.05) is 13.8 Å². The van der Waals surface area contributed by atoms with Crippen molar-refractivity contribution >= 4 is 16.6 Å². The fourth-order valence-corrected chi connectivity index (χ4v) is 3.80. The zero-order valence-corrected chi connectivity index (χ0v) is 15.6. The fraction of sp³-hybridized carbons (Fsp3) is 0.368. The Balaban J connectivity index is 1.65. The Morgan fingerprint density at radius 3 is 2.93 bits per heavy atom. The van der Waals surface area contributed by atoms with Crippen LogP contribution in [0.4, 0.5) is 4.39 Å². The number of aromatic nitrogens is 5. The number of ether oxygens (including phenoxy) is 1. The van der Waals surface area contributed by atoms with Gasteiger partial charge in [-0.25, -0.2) is 9.37 Å². The lowest BCUT2D eigenvalue weighted by molar-refractivity contribution is -0.583. The van der Waals surface area contributed by atoms with Gasteiger partial charge in [-0.2, -0.15) is 9.71 Å². The van der Waals surface area contributed by atoms with E-state index < -0.39 is 5.82 Å². The third-order valence-electron chi connectivity index (χ3n) is 5.23. The van der Waals surface area contributed by atoms with E-state index in [1.165, 1.54) is 12.1 Å². The lowest BCUT2D eigenvalue weighted by Gasteiger charge is -2.17. The number of hydrogen-bond acceptors (Lipinski definition) is 6. The van der Waals surface area contributed by atoms with Crippen molar-refractivity contribution in [2.24, 2.45) is 0 Å². The van der Waals surface area contributed by atoms with Gasteiger partial charge < -0.3 is 14.5 Å². The van der Waals surface area contributed by atoms with Crippen LogP contribution >= 0.6 is 0 Å². The molecule has 4 aromatic rings. The van der Waals surface area contributed by atoms with Gasteiger partial charge in [0.2, 0.25) is 17.0 Å². The van der Waals surface area contributed by atoms with E-state index >= 15 is 0 Å². The van der Waals surface area contributed by atoms with Crippen LogP contribution in [0.1, 0.15) is 44.3 Å². The third-order valence-corrected chi connectivity index (χ3v) is 5.23. The molecule has 0 N–H and O–H groups in total. The van der Waals surface area contributed by atoms with Crippen molar-refractivity contribution in [3.05, 3.63) is 47.1 Å². The molecule has 28 heavy (non-hydrogen) atoms. The van der Waals surface area contributed by atoms with Crippen LogP contribution in [0.2, 0.25) is 0 Å². The summed E-state index contributed by atoms with van der Waals surface area (Å²) in [6.07, 6.45) is 3.06. The first kappa shape index (κ1) is 17.1. The van der Waals surface area contributed by atoms with Crippen LogP contribution in [0.15, 0.2) is 29.0 Å². The average molecular weight is 383 g/mol. The molecule has 0 spiro atoms. The summed E-state index contributed by atoms with van der Waals surface area (Å²) in [5, 5.41) is 16.7. The Labute approximate surface area is 159 Å². The zero-order chi connectivity index (χ0) is 19.6. The Hall–Kier alpha value is -3.07. The number of halogens is 1. The van der Waals surface area contributed by atoms with E-state index in [9.17, 15) is 9.60 Å². The largest absolute Gasteiger partial charge is 0.618 e. The highest BCUT2D eigenvalue weighted by Crippen LogP contribution is 2.38. The minimum Gasteiger partial charge on any atom is -0.618 e. The maximum absolute atomic E-state index is 13.6. The molecular weight excluding hydrogens is 365 g/mol. The number of benzene rings is 1. The molecule has 5 rings (SSSR count). The quantitative estimate of drug-likeness (QED) is 0.390. The van der Waals surface area contributed by atoms with Gasteiger partial charge in [0.15, 0.2) is 5.69 Å². The predicted octanol–water partition coefficient (Wildman–Crippen LogP) is 3.25. The van der Waals surface area contributed by atoms with Crippen molar-refractivity contribution in [3.63, 3.8) is 0 Å². The molecule has 1 aliphatic heterocycles. The first-order valence-electron chi connectivity index (χ1n) is 9.04. The molecule has 1 aliphatic rings. The van der Waals surface area contributed by atoms with Crippen LogP contribution in [0.25, 0.3) is 28.1 Å². The summed E-state index contributed by atoms with van der Waals surface area (Å²) in [5.74, 6) is 0.213. The first-order valence-corrected chi connectivity index (χ1v) is 9.04. The summed E-state index contributed by atoms with van der Waals surface area (Å²) in [6.45, 7) is 5.71. The normalized spacial score (nSPS) is 19.1. The predicted molar refractivity (Wildman–Crippen MR) is 96.8 cm³/mol. The number of imidazole rings is 1. The Morgan fingerprint density at radius 1 is 1.36 bits per heavy atom. The highest BCUT2D eigenvalue weighted by Gasteiger charge is 2.35. The van der Waals surface area contributed by atoms with Crippen molar-refractivity contribution in [2.45, 2.75) is 45.3 Å². The molecular formula is C19H18FN5O3. The average Bonchev–Trinajstić information content (AvgIpc) is 3.36. The second kappa shape index (κ2) is 5.71. The van der Waals surface area contributed by atoms with E-state index in [0.717, 1.165) is 12.8 Å². The maximum Gasteiger partial charge on any atom is 0.279 e. The monoisotopic (exact) mass is 383 g/mol. The number of rotatable bonds is 2. The van der Waals surface area contributed by atoms with Crippen molar-refractivity contribution in [2.75, 3.05) is 0 Å². The first-order chi connectivity index (χ1) is 13.3. The van der Waals surface area contributed by atoms with Crippen molar-refractivity contribution in [1.82, 2.24) is 19.5 Å². The van der Waals surface area contributed by atoms with E-state index in [4.69, 9.17) is 9.26 Å².